The Morgan fingerprint density at radius 2 is 1.78 bits per heavy atom. The van der Waals surface area contributed by atoms with Crippen LogP contribution in [0.25, 0.3) is 0 Å². The fraction of sp³-hybridized carbons (Fsp3) is 0.444. The van der Waals surface area contributed by atoms with E-state index in [1.807, 2.05) is 0 Å². The first-order chi connectivity index (χ1) is 8.41. The van der Waals surface area contributed by atoms with Crippen molar-refractivity contribution in [3.8, 4) is 5.88 Å². The first-order valence-electron chi connectivity index (χ1n) is 5.02. The lowest BCUT2D eigenvalue weighted by molar-refractivity contribution is 0.216. The van der Waals surface area contributed by atoms with Crippen molar-refractivity contribution in [2.24, 2.45) is 0 Å². The van der Waals surface area contributed by atoms with Crippen molar-refractivity contribution in [1.29, 1.82) is 0 Å². The minimum absolute atomic E-state index is 0.0133. The van der Waals surface area contributed by atoms with E-state index in [0.717, 1.165) is 0 Å². The number of hydrogen-bond acceptors (Lipinski definition) is 5. The summed E-state index contributed by atoms with van der Waals surface area (Å²) in [6.45, 7) is 1.32. The highest BCUT2D eigenvalue weighted by atomic mass is 35.5. The highest BCUT2D eigenvalue weighted by molar-refractivity contribution is 8.07. The molecule has 0 radical (unpaired) electrons. The molecule has 0 aliphatic heterocycles. The van der Waals surface area contributed by atoms with Gasteiger partial charge in [-0.25, -0.2) is 0 Å². The predicted octanol–water partition coefficient (Wildman–Crippen LogP) is 4.72. The van der Waals surface area contributed by atoms with Crippen LogP contribution in [0.1, 0.15) is 13.8 Å². The molecule has 1 heterocycles. The molecule has 0 bridgehead atoms. The van der Waals surface area contributed by atoms with Crippen LogP contribution in [0.15, 0.2) is 6.07 Å². The zero-order valence-electron chi connectivity index (χ0n) is 9.65. The molecular weight excluding hydrogens is 340 g/mol. The second-order valence-corrected chi connectivity index (χ2v) is 7.03. The van der Waals surface area contributed by atoms with Gasteiger partial charge in [-0.3, -0.25) is 9.05 Å². The maximum Gasteiger partial charge on any atom is 0.381 e. The highest BCUT2D eigenvalue weighted by Gasteiger charge is 2.24. The van der Waals surface area contributed by atoms with E-state index in [0.29, 0.717) is 13.2 Å². The largest absolute Gasteiger partial charge is 0.404 e. The number of halogens is 3. The van der Waals surface area contributed by atoms with Crippen molar-refractivity contribution >= 4 is 53.3 Å². The van der Waals surface area contributed by atoms with Crippen LogP contribution >= 0.6 is 41.5 Å². The Balaban J connectivity index is 3.04. The first kappa shape index (κ1) is 16.4. The summed E-state index contributed by atoms with van der Waals surface area (Å²) in [5, 5.41) is 0.491. The van der Waals surface area contributed by atoms with Gasteiger partial charge in [-0.05, 0) is 19.9 Å². The van der Waals surface area contributed by atoms with Crippen LogP contribution in [-0.2, 0) is 20.9 Å². The minimum atomic E-state index is -2.94. The van der Waals surface area contributed by atoms with Gasteiger partial charge in [0.2, 0.25) is 5.88 Å². The van der Waals surface area contributed by atoms with Crippen LogP contribution in [0.3, 0.4) is 0 Å². The summed E-state index contributed by atoms with van der Waals surface area (Å²) < 4.78 is 16.1. The third kappa shape index (κ3) is 4.49. The fourth-order valence-electron chi connectivity index (χ4n) is 1.02. The molecule has 0 amide bonds. The molecule has 1 aromatic rings. The Bertz CT molecular complexity index is 465. The lowest BCUT2D eigenvalue weighted by atomic mass is 10.5. The Hall–Kier alpha value is 0.390. The number of aromatic nitrogens is 1. The molecule has 4 nitrogen and oxygen atoms in total. The molecule has 0 N–H and O–H groups in total. The molecule has 0 fully saturated rings. The molecule has 0 aromatic carbocycles. The smallest absolute Gasteiger partial charge is 0.381 e. The van der Waals surface area contributed by atoms with E-state index in [4.69, 9.17) is 60.2 Å². The van der Waals surface area contributed by atoms with Crippen LogP contribution in [0.2, 0.25) is 15.2 Å². The number of hydrogen-bond donors (Lipinski definition) is 0. The summed E-state index contributed by atoms with van der Waals surface area (Å²) in [5.41, 5.74) is 0. The molecule has 102 valence electrons. The van der Waals surface area contributed by atoms with E-state index in [1.165, 1.54) is 6.07 Å². The molecule has 0 aliphatic carbocycles. The Kier molecular flexibility index (Phi) is 6.62. The average molecular weight is 351 g/mol. The van der Waals surface area contributed by atoms with Gasteiger partial charge >= 0.3 is 6.72 Å². The maximum absolute atomic E-state index is 5.95. The molecule has 1 rings (SSSR count). The first-order valence-corrected chi connectivity index (χ1v) is 8.71. The summed E-state index contributed by atoms with van der Waals surface area (Å²) in [7, 11) is 0. The van der Waals surface area contributed by atoms with Crippen molar-refractivity contribution in [3.05, 3.63) is 21.3 Å². The molecule has 9 heteroatoms. The lowest BCUT2D eigenvalue weighted by Gasteiger charge is -2.21. The summed E-state index contributed by atoms with van der Waals surface area (Å²) in [4.78, 5) is 3.91. The van der Waals surface area contributed by atoms with E-state index in [1.54, 1.807) is 13.8 Å². The average Bonchev–Trinajstić information content (AvgIpc) is 2.25. The van der Waals surface area contributed by atoms with Gasteiger partial charge in [0.25, 0.3) is 0 Å². The minimum Gasteiger partial charge on any atom is -0.404 e. The van der Waals surface area contributed by atoms with Crippen molar-refractivity contribution in [3.63, 3.8) is 0 Å². The van der Waals surface area contributed by atoms with Gasteiger partial charge in [-0.2, -0.15) is 4.98 Å². The van der Waals surface area contributed by atoms with Crippen LogP contribution in [0.5, 0.6) is 5.88 Å². The van der Waals surface area contributed by atoms with Gasteiger partial charge in [0.15, 0.2) is 0 Å². The van der Waals surface area contributed by atoms with Gasteiger partial charge in [0.1, 0.15) is 10.2 Å². The molecule has 1 aromatic heterocycles. The van der Waals surface area contributed by atoms with E-state index in [9.17, 15) is 0 Å². The maximum atomic E-state index is 5.95. The molecule has 0 aliphatic rings. The molecule has 0 spiro atoms. The zero-order chi connectivity index (χ0) is 13.8. The zero-order valence-corrected chi connectivity index (χ0v) is 13.6. The van der Waals surface area contributed by atoms with Gasteiger partial charge in [-0.1, -0.05) is 34.8 Å². The summed E-state index contributed by atoms with van der Waals surface area (Å²) >= 11 is 22.8. The quantitative estimate of drug-likeness (QED) is 0.548. The lowest BCUT2D eigenvalue weighted by Crippen LogP contribution is -2.03. The Morgan fingerprint density at radius 1 is 1.22 bits per heavy atom. The summed E-state index contributed by atoms with van der Waals surface area (Å²) in [5.74, 6) is 0.0133. The van der Waals surface area contributed by atoms with Gasteiger partial charge < -0.3 is 4.52 Å². The van der Waals surface area contributed by atoms with Gasteiger partial charge in [0.05, 0.1) is 18.2 Å². The van der Waals surface area contributed by atoms with Crippen molar-refractivity contribution in [1.82, 2.24) is 4.98 Å². The number of nitrogens with zero attached hydrogens (tertiary/aromatic N) is 1. The number of pyridine rings is 1. The topological polar surface area (TPSA) is 40.6 Å². The van der Waals surface area contributed by atoms with Crippen molar-refractivity contribution in [2.75, 3.05) is 13.2 Å². The molecule has 0 unspecified atom stereocenters. The van der Waals surface area contributed by atoms with Gasteiger partial charge in [0, 0.05) is 11.8 Å². The van der Waals surface area contributed by atoms with Crippen molar-refractivity contribution < 1.29 is 13.6 Å². The second kappa shape index (κ2) is 7.25. The van der Waals surface area contributed by atoms with E-state index in [2.05, 4.69) is 4.98 Å². The fourth-order valence-corrected chi connectivity index (χ4v) is 3.64. The highest BCUT2D eigenvalue weighted by Crippen LogP contribution is 2.51. The molecule has 18 heavy (non-hydrogen) atoms. The monoisotopic (exact) mass is 349 g/mol. The van der Waals surface area contributed by atoms with Crippen LogP contribution in [0, 0.1) is 0 Å². The van der Waals surface area contributed by atoms with Gasteiger partial charge in [-0.15, -0.1) is 0 Å². The Morgan fingerprint density at radius 3 is 2.28 bits per heavy atom. The van der Waals surface area contributed by atoms with E-state index < -0.39 is 6.72 Å². The van der Waals surface area contributed by atoms with E-state index in [-0.39, 0.29) is 21.1 Å². The summed E-state index contributed by atoms with van der Waals surface area (Å²) in [6.07, 6.45) is 0. The molecule has 0 saturated heterocycles. The molecule has 0 atom stereocenters. The molecule has 0 saturated carbocycles. The van der Waals surface area contributed by atoms with Crippen LogP contribution in [0.4, 0.5) is 0 Å². The third-order valence-corrected chi connectivity index (χ3v) is 4.98. The molecular formula is C9H11Cl3NO3PS. The second-order valence-electron chi connectivity index (χ2n) is 2.92. The van der Waals surface area contributed by atoms with E-state index >= 15 is 0 Å². The van der Waals surface area contributed by atoms with Crippen LogP contribution < -0.4 is 4.52 Å². The predicted molar refractivity (Wildman–Crippen MR) is 77.4 cm³/mol. The van der Waals surface area contributed by atoms with Crippen molar-refractivity contribution in [2.45, 2.75) is 13.8 Å². The standard InChI is InChI=1S/C9H11Cl3NO3PS/c1-3-14-17(18,15-4-2)16-9-8(12)6(10)5-7(11)13-9/h5H,3-4H2,1-2H3. The SMILES string of the molecule is CCOP(=S)(OCC)Oc1nc(Cl)cc(Cl)c1Cl. The third-order valence-electron chi connectivity index (χ3n) is 1.62. The normalized spacial score (nSPS) is 11.6. The summed E-state index contributed by atoms with van der Waals surface area (Å²) in [6, 6.07) is 1.41. The number of rotatable bonds is 6. The Labute approximate surface area is 126 Å². The van der Waals surface area contributed by atoms with Crippen LogP contribution in [-0.4, -0.2) is 18.2 Å².